The summed E-state index contributed by atoms with van der Waals surface area (Å²) in [6.07, 6.45) is 0.879. The molecule has 0 aromatic heterocycles. The zero-order chi connectivity index (χ0) is 18.0. The van der Waals surface area contributed by atoms with Crippen molar-refractivity contribution >= 4 is 0 Å². The van der Waals surface area contributed by atoms with Gasteiger partial charge in [0.1, 0.15) is 11.5 Å². The van der Waals surface area contributed by atoms with Crippen LogP contribution in [0.4, 0.5) is 0 Å². The monoisotopic (exact) mass is 350 g/mol. The van der Waals surface area contributed by atoms with Crippen molar-refractivity contribution in [2.45, 2.75) is 13.0 Å². The molecular formula is C22H26N2O2. The molecule has 4 nitrogen and oxygen atoms in total. The van der Waals surface area contributed by atoms with Crippen LogP contribution in [0, 0.1) is 11.8 Å². The summed E-state index contributed by atoms with van der Waals surface area (Å²) >= 11 is 0. The molecule has 4 heteroatoms. The van der Waals surface area contributed by atoms with Gasteiger partial charge >= 0.3 is 0 Å². The van der Waals surface area contributed by atoms with E-state index in [2.05, 4.69) is 28.1 Å². The second-order valence-electron chi connectivity index (χ2n) is 6.27. The van der Waals surface area contributed by atoms with Crippen LogP contribution in [0.5, 0.6) is 11.5 Å². The van der Waals surface area contributed by atoms with E-state index in [1.165, 1.54) is 0 Å². The van der Waals surface area contributed by atoms with Crippen LogP contribution < -0.4 is 10.1 Å². The van der Waals surface area contributed by atoms with Crippen LogP contribution in [-0.2, 0) is 11.3 Å². The molecule has 136 valence electrons. The Kier molecular flexibility index (Phi) is 7.09. The minimum atomic E-state index is 0.742. The maximum absolute atomic E-state index is 6.02. The highest BCUT2D eigenvalue weighted by molar-refractivity contribution is 5.45. The van der Waals surface area contributed by atoms with Crippen LogP contribution in [0.2, 0.25) is 0 Å². The van der Waals surface area contributed by atoms with Crippen molar-refractivity contribution in [3.05, 3.63) is 59.7 Å². The number of hydrogen-bond acceptors (Lipinski definition) is 4. The van der Waals surface area contributed by atoms with Crippen molar-refractivity contribution in [3.63, 3.8) is 0 Å². The van der Waals surface area contributed by atoms with Gasteiger partial charge in [-0.15, -0.1) is 0 Å². The zero-order valence-corrected chi connectivity index (χ0v) is 15.3. The molecular weight excluding hydrogens is 324 g/mol. The van der Waals surface area contributed by atoms with E-state index in [1.54, 1.807) is 0 Å². The Morgan fingerprint density at radius 2 is 1.92 bits per heavy atom. The minimum Gasteiger partial charge on any atom is -0.457 e. The minimum absolute atomic E-state index is 0.742. The van der Waals surface area contributed by atoms with Gasteiger partial charge in [0, 0.05) is 43.7 Å². The molecule has 0 amide bonds. The molecule has 0 unspecified atom stereocenters. The third-order valence-corrected chi connectivity index (χ3v) is 4.29. The number of nitrogens with one attached hydrogen (secondary N) is 1. The summed E-state index contributed by atoms with van der Waals surface area (Å²) in [6, 6.07) is 16.0. The largest absolute Gasteiger partial charge is 0.457 e. The molecule has 0 atom stereocenters. The number of nitrogens with zero attached hydrogens (tertiary/aromatic N) is 1. The first-order valence-corrected chi connectivity index (χ1v) is 9.14. The Labute approximate surface area is 156 Å². The van der Waals surface area contributed by atoms with Gasteiger partial charge in [-0.05, 0) is 37.4 Å². The predicted molar refractivity (Wildman–Crippen MR) is 104 cm³/mol. The average Bonchev–Trinajstić information content (AvgIpc) is 2.69. The lowest BCUT2D eigenvalue weighted by Crippen LogP contribution is -2.36. The first-order chi connectivity index (χ1) is 12.8. The van der Waals surface area contributed by atoms with Crippen molar-refractivity contribution in [2.75, 3.05) is 39.9 Å². The smallest absolute Gasteiger partial charge is 0.132 e. The van der Waals surface area contributed by atoms with Crippen molar-refractivity contribution in [3.8, 4) is 23.3 Å². The fraction of sp³-hybridized carbons (Fsp3) is 0.364. The number of benzene rings is 2. The molecule has 0 radical (unpaired) electrons. The molecule has 1 fully saturated rings. The molecule has 0 aliphatic carbocycles. The van der Waals surface area contributed by atoms with Gasteiger partial charge < -0.3 is 14.8 Å². The average molecular weight is 350 g/mol. The van der Waals surface area contributed by atoms with E-state index in [1.807, 2.05) is 49.5 Å². The van der Waals surface area contributed by atoms with Gasteiger partial charge in [0.2, 0.25) is 0 Å². The Morgan fingerprint density at radius 3 is 2.69 bits per heavy atom. The highest BCUT2D eigenvalue weighted by Gasteiger charge is 2.08. The van der Waals surface area contributed by atoms with Crippen LogP contribution in [-0.4, -0.2) is 44.8 Å². The molecule has 2 aromatic rings. The zero-order valence-electron chi connectivity index (χ0n) is 15.3. The van der Waals surface area contributed by atoms with Gasteiger partial charge in [-0.3, -0.25) is 4.90 Å². The fourth-order valence-electron chi connectivity index (χ4n) is 2.90. The van der Waals surface area contributed by atoms with Crippen LogP contribution in [0.1, 0.15) is 17.5 Å². The van der Waals surface area contributed by atoms with Crippen molar-refractivity contribution in [2.24, 2.45) is 0 Å². The number of rotatable bonds is 6. The molecule has 1 aliphatic rings. The van der Waals surface area contributed by atoms with Gasteiger partial charge in [-0.25, -0.2) is 0 Å². The van der Waals surface area contributed by atoms with Gasteiger partial charge in [0.25, 0.3) is 0 Å². The number of ether oxygens (including phenoxy) is 2. The summed E-state index contributed by atoms with van der Waals surface area (Å²) in [5.74, 6) is 8.28. The molecule has 1 N–H and O–H groups in total. The summed E-state index contributed by atoms with van der Waals surface area (Å²) in [7, 11) is 1.94. The lowest BCUT2D eigenvalue weighted by Gasteiger charge is -2.25. The molecule has 1 saturated heterocycles. The normalized spacial score (nSPS) is 14.5. The Hall–Kier alpha value is -2.32. The summed E-state index contributed by atoms with van der Waals surface area (Å²) in [6.45, 7) is 5.45. The molecule has 0 spiro atoms. The Morgan fingerprint density at radius 1 is 1.12 bits per heavy atom. The molecule has 2 aromatic carbocycles. The molecule has 1 aliphatic heterocycles. The van der Waals surface area contributed by atoms with Crippen molar-refractivity contribution in [1.82, 2.24) is 10.2 Å². The van der Waals surface area contributed by atoms with Crippen LogP contribution in [0.25, 0.3) is 0 Å². The topological polar surface area (TPSA) is 33.7 Å². The lowest BCUT2D eigenvalue weighted by atomic mass is 10.1. The van der Waals surface area contributed by atoms with Gasteiger partial charge in [-0.1, -0.05) is 30.0 Å². The number of para-hydroxylation sites is 1. The maximum Gasteiger partial charge on any atom is 0.132 e. The SMILES string of the molecule is CNCc1cc(C#CCCN2CCOCC2)ccc1Oc1ccccc1. The second kappa shape index (κ2) is 9.98. The van der Waals surface area contributed by atoms with Crippen molar-refractivity contribution in [1.29, 1.82) is 0 Å². The Bertz CT molecular complexity index is 744. The molecule has 0 saturated carbocycles. The maximum atomic E-state index is 6.02. The predicted octanol–water partition coefficient (Wildman–Crippen LogP) is 3.27. The summed E-state index contributed by atoms with van der Waals surface area (Å²) in [5.41, 5.74) is 2.13. The first-order valence-electron chi connectivity index (χ1n) is 9.14. The van der Waals surface area contributed by atoms with Crippen molar-refractivity contribution < 1.29 is 9.47 Å². The van der Waals surface area contributed by atoms with E-state index in [-0.39, 0.29) is 0 Å². The molecule has 26 heavy (non-hydrogen) atoms. The van der Waals surface area contributed by atoms with Crippen LogP contribution in [0.3, 0.4) is 0 Å². The molecule has 1 heterocycles. The summed E-state index contributed by atoms with van der Waals surface area (Å²) < 4.78 is 11.4. The standard InChI is InChI=1S/C22H26N2O2/c1-23-18-20-17-19(7-5-6-12-24-13-15-25-16-14-24)10-11-22(20)26-21-8-3-2-4-9-21/h2-4,8-11,17,23H,6,12-16,18H2,1H3. The highest BCUT2D eigenvalue weighted by atomic mass is 16.5. The van der Waals surface area contributed by atoms with E-state index in [0.29, 0.717) is 0 Å². The molecule has 3 rings (SSSR count). The van der Waals surface area contributed by atoms with Gasteiger partial charge in [-0.2, -0.15) is 0 Å². The lowest BCUT2D eigenvalue weighted by molar-refractivity contribution is 0.0390. The second-order valence-corrected chi connectivity index (χ2v) is 6.27. The van der Waals surface area contributed by atoms with Gasteiger partial charge in [0.05, 0.1) is 13.2 Å². The first kappa shape index (κ1) is 18.5. The molecule has 0 bridgehead atoms. The number of morpholine rings is 1. The Balaban J connectivity index is 1.63. The van der Waals surface area contributed by atoms with E-state index in [9.17, 15) is 0 Å². The summed E-state index contributed by atoms with van der Waals surface area (Å²) in [4.78, 5) is 2.40. The third kappa shape index (κ3) is 5.60. The van der Waals surface area contributed by atoms with Crippen LogP contribution in [0.15, 0.2) is 48.5 Å². The van der Waals surface area contributed by atoms with E-state index < -0.39 is 0 Å². The quantitative estimate of drug-likeness (QED) is 0.811. The van der Waals surface area contributed by atoms with E-state index in [4.69, 9.17) is 9.47 Å². The number of hydrogen-bond donors (Lipinski definition) is 1. The van der Waals surface area contributed by atoms with Crippen LogP contribution >= 0.6 is 0 Å². The summed E-state index contributed by atoms with van der Waals surface area (Å²) in [5, 5.41) is 3.20. The third-order valence-electron chi connectivity index (χ3n) is 4.29. The highest BCUT2D eigenvalue weighted by Crippen LogP contribution is 2.26. The van der Waals surface area contributed by atoms with Gasteiger partial charge in [0.15, 0.2) is 0 Å². The van der Waals surface area contributed by atoms with E-state index >= 15 is 0 Å². The fourth-order valence-corrected chi connectivity index (χ4v) is 2.90. The van der Waals surface area contributed by atoms with E-state index in [0.717, 1.165) is 68.4 Å².